The summed E-state index contributed by atoms with van der Waals surface area (Å²) in [5.41, 5.74) is 8.73. The summed E-state index contributed by atoms with van der Waals surface area (Å²) in [4.78, 5) is 0. The number of aryl methyl sites for hydroxylation is 1. The summed E-state index contributed by atoms with van der Waals surface area (Å²) in [7, 11) is 0. The van der Waals surface area contributed by atoms with Gasteiger partial charge in [0.05, 0.1) is 12.2 Å². The molecule has 0 radical (unpaired) electrons. The Morgan fingerprint density at radius 3 is 2.84 bits per heavy atom. The second-order valence-corrected chi connectivity index (χ2v) is 4.83. The van der Waals surface area contributed by atoms with Crippen LogP contribution >= 0.6 is 0 Å². The van der Waals surface area contributed by atoms with E-state index in [0.717, 1.165) is 5.52 Å². The van der Waals surface area contributed by atoms with Gasteiger partial charge < -0.3 is 10.3 Å². The molecule has 1 aromatic heterocycles. The zero-order valence-corrected chi connectivity index (χ0v) is 10.7. The van der Waals surface area contributed by atoms with Gasteiger partial charge in [-0.05, 0) is 36.6 Å². The number of aromatic nitrogens is 1. The van der Waals surface area contributed by atoms with Crippen molar-refractivity contribution in [3.05, 3.63) is 65.6 Å². The van der Waals surface area contributed by atoms with Crippen LogP contribution in [0.4, 0.5) is 10.1 Å². The number of nitrogens with two attached hydrogens (primary N) is 1. The molecular formula is C16H15FN2. The standard InChI is InChI=1S/C16H15FN2/c1-11-5-6-15-12(9-11)7-8-19(15)10-13-3-2-4-14(18)16(13)17/h2-9H,10,18H2,1H3. The van der Waals surface area contributed by atoms with Gasteiger partial charge in [0.2, 0.25) is 0 Å². The molecule has 96 valence electrons. The highest BCUT2D eigenvalue weighted by Gasteiger charge is 2.07. The normalized spacial score (nSPS) is 11.1. The van der Waals surface area contributed by atoms with E-state index in [1.807, 2.05) is 16.8 Å². The average molecular weight is 254 g/mol. The van der Waals surface area contributed by atoms with Crippen LogP contribution in [0.3, 0.4) is 0 Å². The third-order valence-electron chi connectivity index (χ3n) is 3.38. The molecule has 0 fully saturated rings. The monoisotopic (exact) mass is 254 g/mol. The first-order chi connectivity index (χ1) is 9.15. The lowest BCUT2D eigenvalue weighted by Crippen LogP contribution is -2.02. The van der Waals surface area contributed by atoms with Gasteiger partial charge in [-0.15, -0.1) is 0 Å². The maximum atomic E-state index is 13.9. The number of nitrogen functional groups attached to an aromatic ring is 1. The van der Waals surface area contributed by atoms with Crippen molar-refractivity contribution in [2.45, 2.75) is 13.5 Å². The Morgan fingerprint density at radius 1 is 1.16 bits per heavy atom. The maximum Gasteiger partial charge on any atom is 0.151 e. The smallest absolute Gasteiger partial charge is 0.151 e. The molecule has 3 rings (SSSR count). The second-order valence-electron chi connectivity index (χ2n) is 4.83. The SMILES string of the molecule is Cc1ccc2c(ccn2Cc2cccc(N)c2F)c1. The van der Waals surface area contributed by atoms with E-state index in [1.165, 1.54) is 10.9 Å². The van der Waals surface area contributed by atoms with Crippen LogP contribution in [0.25, 0.3) is 10.9 Å². The van der Waals surface area contributed by atoms with E-state index in [-0.39, 0.29) is 11.5 Å². The van der Waals surface area contributed by atoms with Gasteiger partial charge in [-0.1, -0.05) is 23.8 Å². The summed E-state index contributed by atoms with van der Waals surface area (Å²) in [6.07, 6.45) is 1.98. The summed E-state index contributed by atoms with van der Waals surface area (Å²) in [5, 5.41) is 1.17. The van der Waals surface area contributed by atoms with E-state index >= 15 is 0 Å². The van der Waals surface area contributed by atoms with Gasteiger partial charge in [-0.2, -0.15) is 0 Å². The Labute approximate surface area is 111 Å². The number of anilines is 1. The molecule has 0 spiro atoms. The minimum atomic E-state index is -0.323. The quantitative estimate of drug-likeness (QED) is 0.694. The molecule has 0 amide bonds. The molecule has 2 aromatic carbocycles. The maximum absolute atomic E-state index is 13.9. The molecule has 1 heterocycles. The average Bonchev–Trinajstić information content (AvgIpc) is 2.77. The third-order valence-corrected chi connectivity index (χ3v) is 3.38. The predicted molar refractivity (Wildman–Crippen MR) is 76.6 cm³/mol. The molecule has 0 aliphatic rings. The fraction of sp³-hybridized carbons (Fsp3) is 0.125. The summed E-state index contributed by atoms with van der Waals surface area (Å²) in [5.74, 6) is -0.323. The molecule has 2 nitrogen and oxygen atoms in total. The van der Waals surface area contributed by atoms with Crippen molar-refractivity contribution < 1.29 is 4.39 Å². The van der Waals surface area contributed by atoms with Gasteiger partial charge in [0.15, 0.2) is 5.82 Å². The van der Waals surface area contributed by atoms with Crippen LogP contribution in [0.15, 0.2) is 48.7 Å². The number of rotatable bonds is 2. The fourth-order valence-corrected chi connectivity index (χ4v) is 2.36. The van der Waals surface area contributed by atoms with Crippen LogP contribution in [0.2, 0.25) is 0 Å². The lowest BCUT2D eigenvalue weighted by Gasteiger charge is -2.08. The Bertz CT molecular complexity index is 744. The molecule has 0 aliphatic carbocycles. The molecule has 3 heteroatoms. The van der Waals surface area contributed by atoms with Gasteiger partial charge in [-0.3, -0.25) is 0 Å². The number of hydrogen-bond donors (Lipinski definition) is 1. The molecule has 19 heavy (non-hydrogen) atoms. The van der Waals surface area contributed by atoms with Crippen molar-refractivity contribution in [1.82, 2.24) is 4.57 Å². The summed E-state index contributed by atoms with van der Waals surface area (Å²) in [6, 6.07) is 13.4. The summed E-state index contributed by atoms with van der Waals surface area (Å²) < 4.78 is 16.0. The predicted octanol–water partition coefficient (Wildman–Crippen LogP) is 3.72. The molecule has 2 N–H and O–H groups in total. The number of fused-ring (bicyclic) bond motifs is 1. The van der Waals surface area contributed by atoms with E-state index in [4.69, 9.17) is 5.73 Å². The van der Waals surface area contributed by atoms with Crippen LogP contribution in [0.1, 0.15) is 11.1 Å². The lowest BCUT2D eigenvalue weighted by molar-refractivity contribution is 0.606. The first-order valence-corrected chi connectivity index (χ1v) is 6.23. The zero-order valence-electron chi connectivity index (χ0n) is 10.7. The van der Waals surface area contributed by atoms with Crippen molar-refractivity contribution in [2.75, 3.05) is 5.73 Å². The van der Waals surface area contributed by atoms with E-state index in [0.29, 0.717) is 12.1 Å². The minimum Gasteiger partial charge on any atom is -0.396 e. The van der Waals surface area contributed by atoms with Crippen LogP contribution in [0, 0.1) is 12.7 Å². The Hall–Kier alpha value is -2.29. The second kappa shape index (κ2) is 4.43. The molecule has 0 atom stereocenters. The van der Waals surface area contributed by atoms with Crippen LogP contribution in [-0.2, 0) is 6.54 Å². The highest BCUT2D eigenvalue weighted by Crippen LogP contribution is 2.21. The van der Waals surface area contributed by atoms with Crippen molar-refractivity contribution in [3.8, 4) is 0 Å². The van der Waals surface area contributed by atoms with E-state index in [9.17, 15) is 4.39 Å². The van der Waals surface area contributed by atoms with Gasteiger partial charge in [0.25, 0.3) is 0 Å². The Kier molecular flexibility index (Phi) is 2.75. The highest BCUT2D eigenvalue weighted by atomic mass is 19.1. The zero-order chi connectivity index (χ0) is 13.4. The Morgan fingerprint density at radius 2 is 2.00 bits per heavy atom. The highest BCUT2D eigenvalue weighted by molar-refractivity contribution is 5.80. The van der Waals surface area contributed by atoms with Gasteiger partial charge in [-0.25, -0.2) is 4.39 Å². The Balaban J connectivity index is 2.04. The third kappa shape index (κ3) is 2.08. The number of halogens is 1. The number of benzene rings is 2. The number of nitrogens with zero attached hydrogens (tertiary/aromatic N) is 1. The van der Waals surface area contributed by atoms with Crippen LogP contribution < -0.4 is 5.73 Å². The molecule has 0 aliphatic heterocycles. The fourth-order valence-electron chi connectivity index (χ4n) is 2.36. The first kappa shape index (κ1) is 11.8. The van der Waals surface area contributed by atoms with Gasteiger partial charge >= 0.3 is 0 Å². The van der Waals surface area contributed by atoms with E-state index < -0.39 is 0 Å². The van der Waals surface area contributed by atoms with Crippen molar-refractivity contribution >= 4 is 16.6 Å². The molecular weight excluding hydrogens is 239 g/mol. The van der Waals surface area contributed by atoms with Crippen molar-refractivity contribution in [3.63, 3.8) is 0 Å². The molecule has 0 saturated carbocycles. The van der Waals surface area contributed by atoms with E-state index in [1.54, 1.807) is 18.2 Å². The van der Waals surface area contributed by atoms with Gasteiger partial charge in [0.1, 0.15) is 0 Å². The number of hydrogen-bond acceptors (Lipinski definition) is 1. The largest absolute Gasteiger partial charge is 0.396 e. The van der Waals surface area contributed by atoms with Crippen molar-refractivity contribution in [1.29, 1.82) is 0 Å². The molecule has 0 unspecified atom stereocenters. The van der Waals surface area contributed by atoms with Crippen LogP contribution in [-0.4, -0.2) is 4.57 Å². The van der Waals surface area contributed by atoms with E-state index in [2.05, 4.69) is 25.1 Å². The summed E-state index contributed by atoms with van der Waals surface area (Å²) >= 11 is 0. The van der Waals surface area contributed by atoms with Crippen LogP contribution in [0.5, 0.6) is 0 Å². The summed E-state index contributed by atoms with van der Waals surface area (Å²) in [6.45, 7) is 2.55. The topological polar surface area (TPSA) is 30.9 Å². The molecule has 0 saturated heterocycles. The first-order valence-electron chi connectivity index (χ1n) is 6.23. The lowest BCUT2D eigenvalue weighted by atomic mass is 10.1. The molecule has 0 bridgehead atoms. The molecule has 3 aromatic rings. The van der Waals surface area contributed by atoms with Crippen molar-refractivity contribution in [2.24, 2.45) is 0 Å². The van der Waals surface area contributed by atoms with Gasteiger partial charge in [0, 0.05) is 17.3 Å². The minimum absolute atomic E-state index is 0.199.